The van der Waals surface area contributed by atoms with E-state index < -0.39 is 50.3 Å². The lowest BCUT2D eigenvalue weighted by molar-refractivity contribution is -0.158. The van der Waals surface area contributed by atoms with Crippen molar-refractivity contribution >= 4 is 30.8 Å². The smallest absolute Gasteiger partial charge is 0.408 e. The molecule has 1 amide bonds. The molecule has 0 spiro atoms. The van der Waals surface area contributed by atoms with Gasteiger partial charge in [0.05, 0.1) is 19.8 Å². The molecule has 8 nitrogen and oxygen atoms in total. The second kappa shape index (κ2) is 12.0. The first kappa shape index (κ1) is 29.8. The topological polar surface area (TPSA) is 92.3 Å². The summed E-state index contributed by atoms with van der Waals surface area (Å²) >= 11 is 0. The maximum Gasteiger partial charge on any atom is 0.408 e. The zero-order chi connectivity index (χ0) is 28.1. The van der Waals surface area contributed by atoms with Crippen molar-refractivity contribution in [2.45, 2.75) is 76.5 Å². The van der Waals surface area contributed by atoms with Gasteiger partial charge >= 0.3 is 12.1 Å². The molecule has 0 bridgehead atoms. The normalized spacial score (nSPS) is 22.1. The molecule has 0 aliphatic carbocycles. The summed E-state index contributed by atoms with van der Waals surface area (Å²) in [5, 5.41) is 4.83. The first-order valence-corrected chi connectivity index (χ1v) is 14.8. The van der Waals surface area contributed by atoms with E-state index in [9.17, 15) is 9.59 Å². The lowest BCUT2D eigenvalue weighted by Crippen LogP contribution is -2.67. The molecule has 0 saturated carbocycles. The first-order chi connectivity index (χ1) is 17.8. The number of carbonyl (C=O) groups excluding carboxylic acids is 2. The zero-order valence-electron chi connectivity index (χ0n) is 23.6. The largest absolute Gasteiger partial charge is 0.467 e. The summed E-state index contributed by atoms with van der Waals surface area (Å²) < 4.78 is 29.3. The Morgan fingerprint density at radius 3 is 1.84 bits per heavy atom. The summed E-state index contributed by atoms with van der Waals surface area (Å²) in [6.45, 7) is 12.0. The third-order valence-corrected chi connectivity index (χ3v) is 11.6. The average molecular weight is 544 g/mol. The number of nitrogens with one attached hydrogen (secondary N) is 1. The fraction of sp³-hybridized carbons (Fsp3) is 0.517. The van der Waals surface area contributed by atoms with Gasteiger partial charge < -0.3 is 28.7 Å². The number of carbonyl (C=O) groups is 2. The van der Waals surface area contributed by atoms with Gasteiger partial charge in [-0.2, -0.15) is 0 Å². The quantitative estimate of drug-likeness (QED) is 0.403. The van der Waals surface area contributed by atoms with Crippen molar-refractivity contribution < 1.29 is 33.0 Å². The van der Waals surface area contributed by atoms with Gasteiger partial charge in [0.2, 0.25) is 0 Å². The van der Waals surface area contributed by atoms with Gasteiger partial charge in [-0.15, -0.1) is 0 Å². The van der Waals surface area contributed by atoms with Crippen LogP contribution in [0.2, 0.25) is 5.04 Å². The number of hydrogen-bond donors (Lipinski definition) is 1. The highest BCUT2D eigenvalue weighted by Crippen LogP contribution is 2.37. The maximum absolute atomic E-state index is 12.8. The van der Waals surface area contributed by atoms with Gasteiger partial charge in [0.25, 0.3) is 8.32 Å². The lowest BCUT2D eigenvalue weighted by Gasteiger charge is -2.43. The van der Waals surface area contributed by atoms with Crippen molar-refractivity contribution in [1.82, 2.24) is 5.32 Å². The molecule has 1 fully saturated rings. The SMILES string of the molecule is COC(=O)[C@H]1O[C@H](CO[Si](c2ccccc2)(c2ccccc2)C(C)(C)C)[C@@H](NC(=O)OC(C)(C)C)[C@H]1OC. The minimum absolute atomic E-state index is 0.112. The fourth-order valence-electron chi connectivity index (χ4n) is 5.06. The molecule has 0 unspecified atom stereocenters. The Balaban J connectivity index is 2.01. The number of alkyl carbamates (subject to hydrolysis) is 1. The molecule has 2 aromatic rings. The van der Waals surface area contributed by atoms with E-state index >= 15 is 0 Å². The second-order valence-electron chi connectivity index (χ2n) is 11.5. The average Bonchev–Trinajstić information content (AvgIpc) is 3.20. The number of hydrogen-bond acceptors (Lipinski definition) is 7. The molecule has 1 aliphatic heterocycles. The Labute approximate surface area is 227 Å². The summed E-state index contributed by atoms with van der Waals surface area (Å²) in [5.41, 5.74) is -0.700. The van der Waals surface area contributed by atoms with Crippen LogP contribution in [0.5, 0.6) is 0 Å². The highest BCUT2D eigenvalue weighted by atomic mass is 28.4. The van der Waals surface area contributed by atoms with Crippen LogP contribution in [-0.4, -0.2) is 71.2 Å². The molecule has 1 saturated heterocycles. The number of amides is 1. The standard InChI is InChI=1S/C29H41NO7Si/c1-28(2,3)37-27(32)30-23-22(36-25(24(23)33-7)26(31)34-8)19-35-38(29(4,5)6,20-15-11-9-12-16-20)21-17-13-10-14-18-21/h9-18,22-25H,19H2,1-8H3,(H,30,32)/t22-,23-,24-,25+/m1/s1. The van der Waals surface area contributed by atoms with Crippen molar-refractivity contribution in [3.8, 4) is 0 Å². The molecular weight excluding hydrogens is 502 g/mol. The van der Waals surface area contributed by atoms with E-state index in [2.05, 4.69) is 50.4 Å². The Morgan fingerprint density at radius 1 is 0.895 bits per heavy atom. The summed E-state index contributed by atoms with van der Waals surface area (Å²) in [6.07, 6.45) is -3.15. The third kappa shape index (κ3) is 6.46. The number of esters is 1. The molecule has 0 radical (unpaired) electrons. The molecule has 1 heterocycles. The van der Waals surface area contributed by atoms with Gasteiger partial charge in [-0.05, 0) is 36.2 Å². The van der Waals surface area contributed by atoms with E-state index in [1.807, 2.05) is 36.4 Å². The van der Waals surface area contributed by atoms with E-state index in [0.29, 0.717) is 0 Å². The van der Waals surface area contributed by atoms with Crippen molar-refractivity contribution in [1.29, 1.82) is 0 Å². The van der Waals surface area contributed by atoms with Crippen LogP contribution in [0.15, 0.2) is 60.7 Å². The minimum Gasteiger partial charge on any atom is -0.467 e. The van der Waals surface area contributed by atoms with E-state index in [1.54, 1.807) is 20.8 Å². The third-order valence-electron chi connectivity index (χ3n) is 6.64. The van der Waals surface area contributed by atoms with E-state index in [4.69, 9.17) is 23.4 Å². The van der Waals surface area contributed by atoms with E-state index in [0.717, 1.165) is 10.4 Å². The first-order valence-electron chi connectivity index (χ1n) is 12.8. The number of methoxy groups -OCH3 is 2. The van der Waals surface area contributed by atoms with Crippen LogP contribution in [0, 0.1) is 0 Å². The van der Waals surface area contributed by atoms with Gasteiger partial charge in [0.15, 0.2) is 6.10 Å². The highest BCUT2D eigenvalue weighted by molar-refractivity contribution is 6.99. The second-order valence-corrected chi connectivity index (χ2v) is 15.8. The van der Waals surface area contributed by atoms with Crippen LogP contribution in [0.3, 0.4) is 0 Å². The van der Waals surface area contributed by atoms with Crippen LogP contribution in [-0.2, 0) is 28.2 Å². The maximum atomic E-state index is 12.8. The van der Waals surface area contributed by atoms with Crippen LogP contribution >= 0.6 is 0 Å². The minimum atomic E-state index is -2.90. The molecule has 9 heteroatoms. The number of benzene rings is 2. The molecule has 38 heavy (non-hydrogen) atoms. The molecule has 3 rings (SSSR count). The Morgan fingerprint density at radius 2 is 1.42 bits per heavy atom. The summed E-state index contributed by atoms with van der Waals surface area (Å²) in [7, 11) is -0.131. The predicted molar refractivity (Wildman–Crippen MR) is 148 cm³/mol. The summed E-state index contributed by atoms with van der Waals surface area (Å²) in [6, 6.07) is 19.7. The summed E-state index contributed by atoms with van der Waals surface area (Å²) in [5.74, 6) is -0.583. The molecule has 1 N–H and O–H groups in total. The van der Waals surface area contributed by atoms with Gasteiger partial charge in [-0.3, -0.25) is 0 Å². The van der Waals surface area contributed by atoms with Gasteiger partial charge in [-0.25, -0.2) is 9.59 Å². The highest BCUT2D eigenvalue weighted by Gasteiger charge is 2.54. The Kier molecular flexibility index (Phi) is 9.41. The van der Waals surface area contributed by atoms with Crippen molar-refractivity contribution in [2.75, 3.05) is 20.8 Å². The molecule has 1 aliphatic rings. The molecule has 0 aromatic heterocycles. The van der Waals surface area contributed by atoms with Gasteiger partial charge in [0.1, 0.15) is 17.8 Å². The molecular formula is C29H41NO7Si. The van der Waals surface area contributed by atoms with Crippen LogP contribution in [0.1, 0.15) is 41.5 Å². The monoisotopic (exact) mass is 543 g/mol. The molecule has 208 valence electrons. The van der Waals surface area contributed by atoms with Crippen LogP contribution in [0.25, 0.3) is 0 Å². The van der Waals surface area contributed by atoms with Crippen molar-refractivity contribution in [2.24, 2.45) is 0 Å². The summed E-state index contributed by atoms with van der Waals surface area (Å²) in [4.78, 5) is 25.4. The van der Waals surface area contributed by atoms with E-state index in [-0.39, 0.29) is 11.6 Å². The van der Waals surface area contributed by atoms with Gasteiger partial charge in [-0.1, -0.05) is 81.4 Å². The number of ether oxygens (including phenoxy) is 4. The zero-order valence-corrected chi connectivity index (χ0v) is 24.6. The van der Waals surface area contributed by atoms with Crippen molar-refractivity contribution in [3.05, 3.63) is 60.7 Å². The molecule has 4 atom stereocenters. The Bertz CT molecular complexity index is 1030. The van der Waals surface area contributed by atoms with E-state index in [1.165, 1.54) is 14.2 Å². The molecule has 2 aromatic carbocycles. The lowest BCUT2D eigenvalue weighted by atomic mass is 10.0. The van der Waals surface area contributed by atoms with Crippen LogP contribution < -0.4 is 15.7 Å². The van der Waals surface area contributed by atoms with Crippen LogP contribution in [0.4, 0.5) is 4.79 Å². The Hall–Kier alpha value is -2.72. The number of rotatable bonds is 8. The fourth-order valence-corrected chi connectivity index (χ4v) is 9.63. The predicted octanol–water partition coefficient (Wildman–Crippen LogP) is 3.41. The van der Waals surface area contributed by atoms with Gasteiger partial charge in [0, 0.05) is 7.11 Å². The van der Waals surface area contributed by atoms with Crippen molar-refractivity contribution in [3.63, 3.8) is 0 Å².